The van der Waals surface area contributed by atoms with E-state index < -0.39 is 5.41 Å². The molecule has 1 aromatic carbocycles. The first-order valence-electron chi connectivity index (χ1n) is 6.69. The Balaban J connectivity index is 2.22. The van der Waals surface area contributed by atoms with E-state index in [1.54, 1.807) is 0 Å². The minimum atomic E-state index is -0.555. The van der Waals surface area contributed by atoms with E-state index in [0.717, 1.165) is 22.6 Å². The third kappa shape index (κ3) is 1.40. The predicted molar refractivity (Wildman–Crippen MR) is 74.6 cm³/mol. The van der Waals surface area contributed by atoms with Gasteiger partial charge in [-0.25, -0.2) is 0 Å². The van der Waals surface area contributed by atoms with Gasteiger partial charge >= 0.3 is 0 Å². The van der Waals surface area contributed by atoms with Crippen molar-refractivity contribution in [2.75, 3.05) is 11.9 Å². The van der Waals surface area contributed by atoms with Gasteiger partial charge in [-0.15, -0.1) is 0 Å². The Morgan fingerprint density at radius 2 is 2.05 bits per heavy atom. The maximum absolute atomic E-state index is 12.1. The van der Waals surface area contributed by atoms with Crippen molar-refractivity contribution in [3.05, 3.63) is 23.3 Å². The number of fused-ring (bicyclic) bond motifs is 3. The van der Waals surface area contributed by atoms with Gasteiger partial charge in [-0.1, -0.05) is 13.0 Å². The lowest BCUT2D eigenvalue weighted by Crippen LogP contribution is -2.41. The number of hydrogen-bond acceptors (Lipinski definition) is 3. The lowest BCUT2D eigenvalue weighted by Gasteiger charge is -2.27. The van der Waals surface area contributed by atoms with Crippen molar-refractivity contribution in [1.29, 1.82) is 0 Å². The van der Waals surface area contributed by atoms with E-state index in [9.17, 15) is 4.79 Å². The molecule has 0 bridgehead atoms. The fourth-order valence-corrected chi connectivity index (χ4v) is 3.04. The summed E-state index contributed by atoms with van der Waals surface area (Å²) in [6.45, 7) is 8.48. The molecule has 102 valence electrons. The highest BCUT2D eigenvalue weighted by atomic mass is 16.5. The van der Waals surface area contributed by atoms with Crippen LogP contribution in [0.1, 0.15) is 44.7 Å². The average molecular weight is 260 g/mol. The van der Waals surface area contributed by atoms with Gasteiger partial charge in [0.1, 0.15) is 11.4 Å². The second-order valence-corrected chi connectivity index (χ2v) is 6.33. The van der Waals surface area contributed by atoms with Gasteiger partial charge in [0.2, 0.25) is 5.91 Å². The van der Waals surface area contributed by atoms with Gasteiger partial charge in [-0.2, -0.15) is 0 Å². The van der Waals surface area contributed by atoms with Gasteiger partial charge in [0.15, 0.2) is 0 Å². The average Bonchev–Trinajstić information content (AvgIpc) is 2.74. The van der Waals surface area contributed by atoms with Crippen molar-refractivity contribution in [2.24, 2.45) is 5.73 Å². The van der Waals surface area contributed by atoms with Crippen molar-refractivity contribution in [3.8, 4) is 5.75 Å². The van der Waals surface area contributed by atoms with Crippen molar-refractivity contribution in [1.82, 2.24) is 0 Å². The number of nitrogens with one attached hydrogen (secondary N) is 1. The zero-order valence-electron chi connectivity index (χ0n) is 11.8. The molecule has 4 nitrogen and oxygen atoms in total. The van der Waals surface area contributed by atoms with Crippen molar-refractivity contribution in [2.45, 2.75) is 44.6 Å². The first-order chi connectivity index (χ1) is 8.81. The number of amides is 1. The quantitative estimate of drug-likeness (QED) is 0.813. The van der Waals surface area contributed by atoms with Gasteiger partial charge in [-0.05, 0) is 26.8 Å². The Morgan fingerprint density at radius 3 is 2.68 bits per heavy atom. The molecule has 2 heterocycles. The minimum Gasteiger partial charge on any atom is -0.485 e. The molecule has 0 unspecified atom stereocenters. The third-order valence-electron chi connectivity index (χ3n) is 4.75. The Bertz CT molecular complexity index is 580. The van der Waals surface area contributed by atoms with Crippen LogP contribution in [-0.4, -0.2) is 18.1 Å². The van der Waals surface area contributed by atoms with E-state index in [4.69, 9.17) is 10.5 Å². The Kier molecular flexibility index (Phi) is 2.31. The summed E-state index contributed by atoms with van der Waals surface area (Å²) in [7, 11) is 0. The molecule has 2 aliphatic heterocycles. The highest BCUT2D eigenvalue weighted by molar-refractivity contribution is 6.06. The summed E-state index contributed by atoms with van der Waals surface area (Å²) >= 11 is 0. The molecule has 4 heteroatoms. The Morgan fingerprint density at radius 1 is 1.37 bits per heavy atom. The van der Waals surface area contributed by atoms with Crippen LogP contribution in [0.15, 0.2) is 12.1 Å². The van der Waals surface area contributed by atoms with Gasteiger partial charge in [0, 0.05) is 29.3 Å². The molecule has 2 aliphatic rings. The molecular formula is C15H20N2O2. The molecule has 0 saturated carbocycles. The monoisotopic (exact) mass is 260 g/mol. The fraction of sp³-hybridized carbons (Fsp3) is 0.533. The maximum Gasteiger partial charge on any atom is 0.234 e. The molecule has 3 N–H and O–H groups in total. The van der Waals surface area contributed by atoms with E-state index in [1.807, 2.05) is 32.9 Å². The lowest BCUT2D eigenvalue weighted by molar-refractivity contribution is -0.119. The highest BCUT2D eigenvalue weighted by Crippen LogP contribution is 2.53. The number of hydrogen-bond donors (Lipinski definition) is 2. The van der Waals surface area contributed by atoms with Crippen LogP contribution in [0.25, 0.3) is 0 Å². The smallest absolute Gasteiger partial charge is 0.234 e. The normalized spacial score (nSPS) is 30.6. The minimum absolute atomic E-state index is 0.0218. The van der Waals surface area contributed by atoms with Crippen LogP contribution in [0.3, 0.4) is 0 Å². The molecule has 19 heavy (non-hydrogen) atoms. The van der Waals surface area contributed by atoms with Crippen LogP contribution in [0.4, 0.5) is 5.69 Å². The van der Waals surface area contributed by atoms with E-state index in [0.29, 0.717) is 6.54 Å². The largest absolute Gasteiger partial charge is 0.485 e. The summed E-state index contributed by atoms with van der Waals surface area (Å²) in [6.07, 6.45) is 0. The van der Waals surface area contributed by atoms with E-state index in [1.165, 1.54) is 0 Å². The van der Waals surface area contributed by atoms with Crippen LogP contribution < -0.4 is 15.8 Å². The summed E-state index contributed by atoms with van der Waals surface area (Å²) in [5.41, 5.74) is 7.91. The van der Waals surface area contributed by atoms with E-state index in [2.05, 4.69) is 12.2 Å². The summed E-state index contributed by atoms with van der Waals surface area (Å²) < 4.78 is 6.17. The summed E-state index contributed by atoms with van der Waals surface area (Å²) in [6, 6.07) is 4.02. The van der Waals surface area contributed by atoms with Crippen LogP contribution in [-0.2, 0) is 10.2 Å². The van der Waals surface area contributed by atoms with Crippen LogP contribution in [0.2, 0.25) is 0 Å². The van der Waals surface area contributed by atoms with Crippen LogP contribution in [0, 0.1) is 0 Å². The number of nitrogens with two attached hydrogens (primary N) is 1. The van der Waals surface area contributed by atoms with Crippen molar-refractivity contribution >= 4 is 11.6 Å². The number of rotatable bonds is 1. The van der Waals surface area contributed by atoms with Gasteiger partial charge in [0.05, 0.1) is 5.41 Å². The molecule has 0 fully saturated rings. The summed E-state index contributed by atoms with van der Waals surface area (Å²) in [5, 5.41) is 2.93. The van der Waals surface area contributed by atoms with E-state index in [-0.39, 0.29) is 17.4 Å². The number of ether oxygens (including phenoxy) is 1. The van der Waals surface area contributed by atoms with Crippen molar-refractivity contribution < 1.29 is 9.53 Å². The number of carbonyl (C=O) groups excluding carboxylic acids is 1. The van der Waals surface area contributed by atoms with Crippen molar-refractivity contribution in [3.63, 3.8) is 0 Å². The molecule has 3 rings (SSSR count). The molecule has 0 radical (unpaired) electrons. The Hall–Kier alpha value is -1.55. The zero-order valence-corrected chi connectivity index (χ0v) is 11.8. The predicted octanol–water partition coefficient (Wildman–Crippen LogP) is 2.13. The maximum atomic E-state index is 12.1. The molecule has 0 aromatic heterocycles. The molecule has 0 saturated heterocycles. The van der Waals surface area contributed by atoms with Gasteiger partial charge in [-0.3, -0.25) is 4.79 Å². The highest BCUT2D eigenvalue weighted by Gasteiger charge is 2.48. The third-order valence-corrected chi connectivity index (χ3v) is 4.75. The SMILES string of the molecule is C[C@@H]1c2ccc3c(c2O[C@]1(C)CN)C(C)(C)C(=O)N3. The van der Waals surface area contributed by atoms with E-state index >= 15 is 0 Å². The number of carbonyl (C=O) groups is 1. The molecule has 1 amide bonds. The first-order valence-corrected chi connectivity index (χ1v) is 6.69. The summed E-state index contributed by atoms with van der Waals surface area (Å²) in [4.78, 5) is 12.1. The molecule has 1 aromatic rings. The number of benzene rings is 1. The molecule has 2 atom stereocenters. The number of anilines is 1. The first kappa shape index (κ1) is 12.5. The zero-order chi connectivity index (χ0) is 14.0. The second kappa shape index (κ2) is 3.51. The standard InChI is InChI=1S/C15H20N2O2/c1-8-9-5-6-10-11(14(2,3)13(18)17-10)12(9)19-15(8,4)7-16/h5-6,8H,7,16H2,1-4H3,(H,17,18)/t8-,15-/m1/s1. The topological polar surface area (TPSA) is 64.3 Å². The molecule has 0 spiro atoms. The second-order valence-electron chi connectivity index (χ2n) is 6.33. The van der Waals surface area contributed by atoms with Crippen LogP contribution >= 0.6 is 0 Å². The van der Waals surface area contributed by atoms with Gasteiger partial charge in [0.25, 0.3) is 0 Å². The fourth-order valence-electron chi connectivity index (χ4n) is 3.04. The summed E-state index contributed by atoms with van der Waals surface area (Å²) in [5.74, 6) is 1.10. The van der Waals surface area contributed by atoms with Gasteiger partial charge < -0.3 is 15.8 Å². The Labute approximate surface area is 113 Å². The lowest BCUT2D eigenvalue weighted by atomic mass is 9.82. The van der Waals surface area contributed by atoms with Crippen LogP contribution in [0.5, 0.6) is 5.75 Å². The molecular weight excluding hydrogens is 240 g/mol. The molecule has 0 aliphatic carbocycles.